The molecule has 1 aromatic carbocycles. The first kappa shape index (κ1) is 14.2. The van der Waals surface area contributed by atoms with Gasteiger partial charge in [0.1, 0.15) is 0 Å². The van der Waals surface area contributed by atoms with Gasteiger partial charge in [-0.05, 0) is 38.2 Å². The lowest BCUT2D eigenvalue weighted by Gasteiger charge is -2.16. The summed E-state index contributed by atoms with van der Waals surface area (Å²) < 4.78 is 5.06. The van der Waals surface area contributed by atoms with Crippen molar-refractivity contribution in [1.29, 1.82) is 0 Å². The van der Waals surface area contributed by atoms with Crippen LogP contribution in [-0.4, -0.2) is 45.8 Å². The molecule has 0 aliphatic rings. The number of nitrogens with one attached hydrogen (secondary N) is 1. The molecule has 0 saturated carbocycles. The van der Waals surface area contributed by atoms with E-state index in [-0.39, 0.29) is 0 Å². The summed E-state index contributed by atoms with van der Waals surface area (Å²) in [7, 11) is 5.84. The molecule has 0 spiro atoms. The lowest BCUT2D eigenvalue weighted by Crippen LogP contribution is -2.22. The summed E-state index contributed by atoms with van der Waals surface area (Å²) in [5.74, 6) is 0. The molecular formula is C14H24N2O. The summed E-state index contributed by atoms with van der Waals surface area (Å²) in [6.07, 6.45) is 1.09. The summed E-state index contributed by atoms with van der Waals surface area (Å²) >= 11 is 0. The summed E-state index contributed by atoms with van der Waals surface area (Å²) in [4.78, 5) is 2.27. The van der Waals surface area contributed by atoms with Crippen LogP contribution in [0.3, 0.4) is 0 Å². The smallest absolute Gasteiger partial charge is 0.0589 e. The SMILES string of the molecule is CNCCc1ccc(CN(C)CCOC)cc1. The van der Waals surface area contributed by atoms with E-state index in [0.717, 1.165) is 32.7 Å². The normalized spacial score (nSPS) is 11.1. The summed E-state index contributed by atoms with van der Waals surface area (Å²) in [6.45, 7) is 3.78. The molecule has 96 valence electrons. The molecule has 0 aromatic heterocycles. The molecule has 0 radical (unpaired) electrons. The van der Waals surface area contributed by atoms with Crippen LogP contribution in [0.5, 0.6) is 0 Å². The zero-order valence-electron chi connectivity index (χ0n) is 11.2. The quantitative estimate of drug-likeness (QED) is 0.741. The molecule has 0 aliphatic heterocycles. The molecule has 1 aromatic rings. The lowest BCUT2D eigenvalue weighted by molar-refractivity contribution is 0.158. The maximum atomic E-state index is 5.06. The number of methoxy groups -OCH3 is 1. The van der Waals surface area contributed by atoms with Gasteiger partial charge >= 0.3 is 0 Å². The number of nitrogens with zero attached hydrogens (tertiary/aromatic N) is 1. The maximum absolute atomic E-state index is 5.06. The van der Waals surface area contributed by atoms with Gasteiger partial charge in [-0.1, -0.05) is 24.3 Å². The molecule has 0 fully saturated rings. The van der Waals surface area contributed by atoms with Gasteiger partial charge in [0.25, 0.3) is 0 Å². The van der Waals surface area contributed by atoms with Gasteiger partial charge in [0, 0.05) is 20.2 Å². The Morgan fingerprint density at radius 3 is 2.41 bits per heavy atom. The number of likely N-dealkylation sites (N-methyl/N-ethyl adjacent to an activating group) is 2. The van der Waals surface area contributed by atoms with Crippen molar-refractivity contribution < 1.29 is 4.74 Å². The van der Waals surface area contributed by atoms with E-state index in [9.17, 15) is 0 Å². The molecule has 0 atom stereocenters. The van der Waals surface area contributed by atoms with Crippen molar-refractivity contribution in [3.8, 4) is 0 Å². The largest absolute Gasteiger partial charge is 0.383 e. The first-order valence-electron chi connectivity index (χ1n) is 6.16. The average Bonchev–Trinajstić information content (AvgIpc) is 2.35. The Bertz CT molecular complexity index is 298. The first-order chi connectivity index (χ1) is 8.26. The molecule has 0 aliphatic carbocycles. The van der Waals surface area contributed by atoms with Crippen molar-refractivity contribution in [1.82, 2.24) is 10.2 Å². The summed E-state index contributed by atoms with van der Waals surface area (Å²) in [6, 6.07) is 8.87. The Morgan fingerprint density at radius 1 is 1.18 bits per heavy atom. The predicted octanol–water partition coefficient (Wildman–Crippen LogP) is 1.53. The van der Waals surface area contributed by atoms with Crippen molar-refractivity contribution in [2.75, 3.05) is 40.9 Å². The number of ether oxygens (including phenoxy) is 1. The van der Waals surface area contributed by atoms with Crippen LogP contribution in [0, 0.1) is 0 Å². The lowest BCUT2D eigenvalue weighted by atomic mass is 10.1. The van der Waals surface area contributed by atoms with E-state index in [1.807, 2.05) is 7.05 Å². The van der Waals surface area contributed by atoms with Gasteiger partial charge in [0.15, 0.2) is 0 Å². The topological polar surface area (TPSA) is 24.5 Å². The number of hydrogen-bond acceptors (Lipinski definition) is 3. The standard InChI is InChI=1S/C14H24N2O/c1-15-9-8-13-4-6-14(7-5-13)12-16(2)10-11-17-3/h4-7,15H,8-12H2,1-3H3. The zero-order valence-corrected chi connectivity index (χ0v) is 11.2. The van der Waals surface area contributed by atoms with Gasteiger partial charge < -0.3 is 10.1 Å². The minimum absolute atomic E-state index is 0.788. The van der Waals surface area contributed by atoms with Crippen LogP contribution < -0.4 is 5.32 Å². The van der Waals surface area contributed by atoms with Gasteiger partial charge in [0.2, 0.25) is 0 Å². The summed E-state index contributed by atoms with van der Waals surface area (Å²) in [5.41, 5.74) is 2.75. The van der Waals surface area contributed by atoms with Gasteiger partial charge in [-0.2, -0.15) is 0 Å². The molecule has 0 unspecified atom stereocenters. The van der Waals surface area contributed by atoms with Crippen LogP contribution in [0.1, 0.15) is 11.1 Å². The van der Waals surface area contributed by atoms with E-state index in [1.165, 1.54) is 11.1 Å². The molecular weight excluding hydrogens is 212 g/mol. The van der Waals surface area contributed by atoms with E-state index < -0.39 is 0 Å². The zero-order chi connectivity index (χ0) is 12.5. The Hall–Kier alpha value is -0.900. The van der Waals surface area contributed by atoms with Crippen LogP contribution >= 0.6 is 0 Å². The highest BCUT2D eigenvalue weighted by molar-refractivity contribution is 5.22. The molecule has 1 N–H and O–H groups in total. The highest BCUT2D eigenvalue weighted by Crippen LogP contribution is 2.07. The predicted molar refractivity (Wildman–Crippen MR) is 72.3 cm³/mol. The Labute approximate surface area is 105 Å². The minimum Gasteiger partial charge on any atom is -0.383 e. The van der Waals surface area contributed by atoms with Crippen LogP contribution in [0.15, 0.2) is 24.3 Å². The summed E-state index contributed by atoms with van der Waals surface area (Å²) in [5, 5.41) is 3.16. The van der Waals surface area contributed by atoms with Crippen LogP contribution in [0.2, 0.25) is 0 Å². The average molecular weight is 236 g/mol. The molecule has 1 rings (SSSR count). The van der Waals surface area contributed by atoms with E-state index in [1.54, 1.807) is 7.11 Å². The maximum Gasteiger partial charge on any atom is 0.0589 e. The van der Waals surface area contributed by atoms with E-state index in [0.29, 0.717) is 0 Å². The number of benzene rings is 1. The molecule has 3 heteroatoms. The van der Waals surface area contributed by atoms with Gasteiger partial charge in [0.05, 0.1) is 6.61 Å². The highest BCUT2D eigenvalue weighted by atomic mass is 16.5. The third-order valence-corrected chi connectivity index (χ3v) is 2.82. The Kier molecular flexibility index (Phi) is 6.86. The second kappa shape index (κ2) is 8.23. The third-order valence-electron chi connectivity index (χ3n) is 2.82. The second-order valence-corrected chi connectivity index (χ2v) is 4.40. The first-order valence-corrected chi connectivity index (χ1v) is 6.16. The van der Waals surface area contributed by atoms with E-state index in [2.05, 4.69) is 41.5 Å². The minimum atomic E-state index is 0.788. The fraction of sp³-hybridized carbons (Fsp3) is 0.571. The number of rotatable bonds is 8. The molecule has 17 heavy (non-hydrogen) atoms. The monoisotopic (exact) mass is 236 g/mol. The molecule has 0 amide bonds. The molecule has 3 nitrogen and oxygen atoms in total. The molecule has 0 heterocycles. The van der Waals surface area contributed by atoms with Crippen molar-refractivity contribution in [3.05, 3.63) is 35.4 Å². The fourth-order valence-corrected chi connectivity index (χ4v) is 1.72. The molecule has 0 bridgehead atoms. The van der Waals surface area contributed by atoms with E-state index >= 15 is 0 Å². The van der Waals surface area contributed by atoms with Crippen molar-refractivity contribution in [3.63, 3.8) is 0 Å². The molecule has 0 saturated heterocycles. The Morgan fingerprint density at radius 2 is 1.82 bits per heavy atom. The third kappa shape index (κ3) is 5.82. The van der Waals surface area contributed by atoms with Crippen molar-refractivity contribution >= 4 is 0 Å². The fourth-order valence-electron chi connectivity index (χ4n) is 1.72. The number of hydrogen-bond donors (Lipinski definition) is 1. The van der Waals surface area contributed by atoms with Gasteiger partial charge in [-0.3, -0.25) is 4.90 Å². The van der Waals surface area contributed by atoms with Gasteiger partial charge in [-0.25, -0.2) is 0 Å². The van der Waals surface area contributed by atoms with Crippen molar-refractivity contribution in [2.45, 2.75) is 13.0 Å². The Balaban J connectivity index is 2.39. The van der Waals surface area contributed by atoms with Crippen LogP contribution in [0.4, 0.5) is 0 Å². The van der Waals surface area contributed by atoms with Crippen LogP contribution in [0.25, 0.3) is 0 Å². The highest BCUT2D eigenvalue weighted by Gasteiger charge is 2.00. The van der Waals surface area contributed by atoms with Crippen LogP contribution in [-0.2, 0) is 17.7 Å². The second-order valence-electron chi connectivity index (χ2n) is 4.40. The van der Waals surface area contributed by atoms with E-state index in [4.69, 9.17) is 4.74 Å². The van der Waals surface area contributed by atoms with Gasteiger partial charge in [-0.15, -0.1) is 0 Å². The van der Waals surface area contributed by atoms with Crippen molar-refractivity contribution in [2.24, 2.45) is 0 Å².